The van der Waals surface area contributed by atoms with Crippen molar-refractivity contribution in [3.05, 3.63) is 64.9 Å². The molecule has 0 bridgehead atoms. The highest BCUT2D eigenvalue weighted by molar-refractivity contribution is 7.99. The van der Waals surface area contributed by atoms with Gasteiger partial charge in [-0.25, -0.2) is 18.5 Å². The Balaban J connectivity index is 1.54. The lowest BCUT2D eigenvalue weighted by atomic mass is 10.1. The summed E-state index contributed by atoms with van der Waals surface area (Å²) in [6, 6.07) is 10.2. The van der Waals surface area contributed by atoms with Gasteiger partial charge >= 0.3 is 0 Å². The standard InChI is InChI=1S/C21H21ClN4O3S2/c1-13-10-15-11-16(31(23,28)29)6-7-19(15)26(13)20(27)12-30-21-24-8-9-25(21)18-5-3-4-17(22)14(18)2/h3-9,11,13H,10,12H2,1-2H3,(H2,23,28,29)/t13-/m0/s1. The van der Waals surface area contributed by atoms with Gasteiger partial charge in [-0.05, 0) is 61.7 Å². The van der Waals surface area contributed by atoms with Gasteiger partial charge in [0.25, 0.3) is 0 Å². The van der Waals surface area contributed by atoms with E-state index in [1.807, 2.05) is 42.8 Å². The molecule has 1 atom stereocenters. The summed E-state index contributed by atoms with van der Waals surface area (Å²) in [5, 5.41) is 6.59. The lowest BCUT2D eigenvalue weighted by Crippen LogP contribution is -2.37. The number of hydrogen-bond donors (Lipinski definition) is 1. The van der Waals surface area contributed by atoms with Crippen molar-refractivity contribution in [1.29, 1.82) is 0 Å². The van der Waals surface area contributed by atoms with Crippen LogP contribution in [0.4, 0.5) is 5.69 Å². The monoisotopic (exact) mass is 476 g/mol. The Morgan fingerprint density at radius 1 is 1.29 bits per heavy atom. The van der Waals surface area contributed by atoms with Gasteiger partial charge in [-0.2, -0.15) is 0 Å². The minimum absolute atomic E-state index is 0.0565. The van der Waals surface area contributed by atoms with Gasteiger partial charge in [0.1, 0.15) is 0 Å². The summed E-state index contributed by atoms with van der Waals surface area (Å²) in [5.74, 6) is 0.120. The van der Waals surface area contributed by atoms with Crippen LogP contribution in [0.2, 0.25) is 5.02 Å². The number of amides is 1. The fourth-order valence-corrected chi connectivity index (χ4v) is 5.36. The van der Waals surface area contributed by atoms with Crippen LogP contribution in [-0.2, 0) is 21.2 Å². The number of anilines is 1. The van der Waals surface area contributed by atoms with E-state index in [9.17, 15) is 13.2 Å². The highest BCUT2D eigenvalue weighted by atomic mass is 35.5. The molecule has 0 saturated heterocycles. The van der Waals surface area contributed by atoms with Gasteiger partial charge in [-0.15, -0.1) is 0 Å². The van der Waals surface area contributed by atoms with Crippen molar-refractivity contribution >= 4 is 45.0 Å². The maximum Gasteiger partial charge on any atom is 0.238 e. The molecule has 4 rings (SSSR count). The van der Waals surface area contributed by atoms with Crippen molar-refractivity contribution < 1.29 is 13.2 Å². The molecule has 162 valence electrons. The molecule has 1 aliphatic rings. The number of carbonyl (C=O) groups is 1. The molecule has 0 saturated carbocycles. The molecule has 1 amide bonds. The quantitative estimate of drug-likeness (QED) is 0.568. The molecule has 7 nitrogen and oxygen atoms in total. The molecule has 31 heavy (non-hydrogen) atoms. The van der Waals surface area contributed by atoms with E-state index in [1.165, 1.54) is 17.8 Å². The van der Waals surface area contributed by atoms with Crippen molar-refractivity contribution in [3.8, 4) is 5.69 Å². The Morgan fingerprint density at radius 3 is 2.81 bits per heavy atom. The first kappa shape index (κ1) is 21.9. The van der Waals surface area contributed by atoms with E-state index >= 15 is 0 Å². The highest BCUT2D eigenvalue weighted by Crippen LogP contribution is 2.35. The zero-order valence-corrected chi connectivity index (χ0v) is 19.3. The highest BCUT2D eigenvalue weighted by Gasteiger charge is 2.32. The van der Waals surface area contributed by atoms with Gasteiger partial charge in [-0.3, -0.25) is 9.36 Å². The number of primary sulfonamides is 1. The minimum atomic E-state index is -3.79. The molecule has 2 heterocycles. The number of hydrogen-bond acceptors (Lipinski definition) is 5. The van der Waals surface area contributed by atoms with Crippen LogP contribution in [-0.4, -0.2) is 35.7 Å². The third-order valence-corrected chi connectivity index (χ3v) is 7.57. The molecule has 0 radical (unpaired) electrons. The number of sulfonamides is 1. The van der Waals surface area contributed by atoms with Gasteiger partial charge in [0.05, 0.1) is 16.3 Å². The van der Waals surface area contributed by atoms with Gasteiger partial charge in [0, 0.05) is 29.1 Å². The topological polar surface area (TPSA) is 98.3 Å². The summed E-state index contributed by atoms with van der Waals surface area (Å²) in [7, 11) is -3.79. The molecule has 3 aromatic rings. The number of nitrogens with two attached hydrogens (primary N) is 1. The Labute approximate surface area is 190 Å². The van der Waals surface area contributed by atoms with Crippen molar-refractivity contribution in [2.75, 3.05) is 10.7 Å². The summed E-state index contributed by atoms with van der Waals surface area (Å²) in [6.45, 7) is 3.88. The lowest BCUT2D eigenvalue weighted by Gasteiger charge is -2.22. The number of thioether (sulfide) groups is 1. The van der Waals surface area contributed by atoms with Crippen molar-refractivity contribution in [1.82, 2.24) is 9.55 Å². The number of imidazole rings is 1. The summed E-state index contributed by atoms with van der Waals surface area (Å²) in [6.07, 6.45) is 4.11. The first-order valence-corrected chi connectivity index (χ1v) is 12.5. The second-order valence-corrected chi connectivity index (χ2v) is 10.3. The van der Waals surface area contributed by atoms with Crippen molar-refractivity contribution in [2.24, 2.45) is 5.14 Å². The molecule has 1 aromatic heterocycles. The molecule has 0 aliphatic carbocycles. The van der Waals surface area contributed by atoms with Crippen LogP contribution < -0.4 is 10.0 Å². The number of rotatable bonds is 5. The van der Waals surface area contributed by atoms with E-state index in [-0.39, 0.29) is 22.6 Å². The van der Waals surface area contributed by atoms with E-state index in [0.717, 1.165) is 22.5 Å². The van der Waals surface area contributed by atoms with Crippen LogP contribution in [0.25, 0.3) is 5.69 Å². The van der Waals surface area contributed by atoms with Crippen LogP contribution in [0.3, 0.4) is 0 Å². The fourth-order valence-electron chi connectivity index (χ4n) is 3.80. The lowest BCUT2D eigenvalue weighted by molar-refractivity contribution is -0.116. The Hall–Kier alpha value is -2.33. The van der Waals surface area contributed by atoms with E-state index in [1.54, 1.807) is 23.2 Å². The fraction of sp³-hybridized carbons (Fsp3) is 0.238. The molecule has 1 aliphatic heterocycles. The molecule has 0 spiro atoms. The van der Waals surface area contributed by atoms with E-state index in [0.29, 0.717) is 16.6 Å². The SMILES string of the molecule is Cc1c(Cl)cccc1-n1ccnc1SCC(=O)N1c2ccc(S(N)(=O)=O)cc2C[C@@H]1C. The number of nitrogens with zero attached hydrogens (tertiary/aromatic N) is 3. The van der Waals surface area contributed by atoms with Crippen molar-refractivity contribution in [3.63, 3.8) is 0 Å². The second kappa shape index (κ2) is 8.31. The third kappa shape index (κ3) is 4.23. The average Bonchev–Trinajstić information content (AvgIpc) is 3.30. The zero-order chi connectivity index (χ0) is 22.3. The maximum absolute atomic E-state index is 13.1. The van der Waals surface area contributed by atoms with Crippen molar-refractivity contribution in [2.45, 2.75) is 36.4 Å². The van der Waals surface area contributed by atoms with Gasteiger partial charge in [-0.1, -0.05) is 29.4 Å². The summed E-state index contributed by atoms with van der Waals surface area (Å²) < 4.78 is 25.2. The van der Waals surface area contributed by atoms with E-state index < -0.39 is 10.0 Å². The first-order valence-electron chi connectivity index (χ1n) is 9.56. The number of aromatic nitrogens is 2. The van der Waals surface area contributed by atoms with Crippen LogP contribution >= 0.6 is 23.4 Å². The van der Waals surface area contributed by atoms with Crippen LogP contribution in [0.5, 0.6) is 0 Å². The normalized spacial score (nSPS) is 15.9. The third-order valence-electron chi connectivity index (χ3n) is 5.29. The Bertz CT molecular complexity index is 1270. The minimum Gasteiger partial charge on any atom is -0.308 e. The summed E-state index contributed by atoms with van der Waals surface area (Å²) in [4.78, 5) is 19.2. The van der Waals surface area contributed by atoms with Crippen LogP contribution in [0, 0.1) is 6.92 Å². The largest absolute Gasteiger partial charge is 0.308 e. The molecule has 10 heteroatoms. The molecular formula is C21H21ClN4O3S2. The van der Waals surface area contributed by atoms with E-state index in [4.69, 9.17) is 16.7 Å². The number of fused-ring (bicyclic) bond motifs is 1. The number of benzene rings is 2. The average molecular weight is 477 g/mol. The predicted octanol–water partition coefficient (Wildman–Crippen LogP) is 3.55. The Morgan fingerprint density at radius 2 is 2.06 bits per heavy atom. The smallest absolute Gasteiger partial charge is 0.238 e. The summed E-state index contributed by atoms with van der Waals surface area (Å²) >= 11 is 7.60. The van der Waals surface area contributed by atoms with Crippen LogP contribution in [0.15, 0.2) is 58.8 Å². The molecule has 2 aromatic carbocycles. The Kier molecular flexibility index (Phi) is 5.87. The van der Waals surface area contributed by atoms with Crippen LogP contribution in [0.1, 0.15) is 18.1 Å². The number of carbonyl (C=O) groups excluding carboxylic acids is 1. The molecule has 0 fully saturated rings. The maximum atomic E-state index is 13.1. The molecule has 2 N–H and O–H groups in total. The van der Waals surface area contributed by atoms with Gasteiger partial charge < -0.3 is 4.90 Å². The van der Waals surface area contributed by atoms with Gasteiger partial charge in [0.15, 0.2) is 5.16 Å². The second-order valence-electron chi connectivity index (χ2n) is 7.40. The van der Waals surface area contributed by atoms with Gasteiger partial charge in [0.2, 0.25) is 15.9 Å². The molecular weight excluding hydrogens is 456 g/mol. The van der Waals surface area contributed by atoms with E-state index in [2.05, 4.69) is 4.98 Å². The summed E-state index contributed by atoms with van der Waals surface area (Å²) in [5.41, 5.74) is 3.37. The predicted molar refractivity (Wildman–Crippen MR) is 123 cm³/mol. The first-order chi connectivity index (χ1) is 14.7. The number of halogens is 1. The zero-order valence-electron chi connectivity index (χ0n) is 16.9. The molecule has 0 unspecified atom stereocenters.